The molecule has 0 aliphatic carbocycles. The number of nitrogens with one attached hydrogen (secondary N) is 1. The molecule has 0 spiro atoms. The molecule has 2 rings (SSSR count). The van der Waals surface area contributed by atoms with Crippen LogP contribution in [0.4, 0.5) is 5.69 Å². The third kappa shape index (κ3) is 3.39. The minimum Gasteiger partial charge on any atom is -0.497 e. The Morgan fingerprint density at radius 2 is 1.67 bits per heavy atom. The molecule has 0 aliphatic rings. The fourth-order valence-corrected chi connectivity index (χ4v) is 2.35. The van der Waals surface area contributed by atoms with Gasteiger partial charge in [-0.05, 0) is 35.4 Å². The number of hydrazine groups is 1. The van der Waals surface area contributed by atoms with Crippen LogP contribution in [0.25, 0.3) is 0 Å². The molecule has 0 bridgehead atoms. The second kappa shape index (κ2) is 6.67. The topological polar surface area (TPSA) is 82.5 Å². The molecule has 112 valence electrons. The Bertz CT molecular complexity index is 612. The van der Waals surface area contributed by atoms with Gasteiger partial charge in [0.15, 0.2) is 0 Å². The van der Waals surface area contributed by atoms with Crippen LogP contribution in [0, 0.1) is 0 Å². The van der Waals surface area contributed by atoms with Crippen molar-refractivity contribution in [1.29, 1.82) is 0 Å². The van der Waals surface area contributed by atoms with E-state index in [0.717, 1.165) is 11.1 Å². The number of nitrogen functional groups attached to an aromatic ring is 1. The summed E-state index contributed by atoms with van der Waals surface area (Å²) in [5, 5.41) is 0.579. The molecule has 0 saturated carbocycles. The van der Waals surface area contributed by atoms with Gasteiger partial charge in [0.2, 0.25) is 0 Å². The number of methoxy groups -OCH3 is 2. The Hall–Kier alpha value is -1.95. The largest absolute Gasteiger partial charge is 0.497 e. The zero-order valence-corrected chi connectivity index (χ0v) is 12.6. The molecule has 0 aromatic heterocycles. The van der Waals surface area contributed by atoms with Gasteiger partial charge >= 0.3 is 0 Å². The second-order valence-electron chi connectivity index (χ2n) is 4.52. The van der Waals surface area contributed by atoms with Gasteiger partial charge in [-0.25, -0.2) is 5.43 Å². The molecule has 0 amide bonds. The van der Waals surface area contributed by atoms with Gasteiger partial charge in [0.05, 0.1) is 20.3 Å². The summed E-state index contributed by atoms with van der Waals surface area (Å²) < 4.78 is 10.6. The van der Waals surface area contributed by atoms with Crippen molar-refractivity contribution in [2.45, 2.75) is 6.04 Å². The number of nitrogens with two attached hydrogens (primary N) is 2. The smallest absolute Gasteiger partial charge is 0.122 e. The highest BCUT2D eigenvalue weighted by Crippen LogP contribution is 2.32. The Morgan fingerprint density at radius 1 is 1.05 bits per heavy atom. The Kier molecular flexibility index (Phi) is 4.90. The van der Waals surface area contributed by atoms with Crippen LogP contribution in [0.1, 0.15) is 17.2 Å². The summed E-state index contributed by atoms with van der Waals surface area (Å²) in [5.41, 5.74) is 11.1. The van der Waals surface area contributed by atoms with Crippen molar-refractivity contribution in [1.82, 2.24) is 5.43 Å². The minimum atomic E-state index is -0.300. The van der Waals surface area contributed by atoms with Crippen LogP contribution in [0.5, 0.6) is 11.5 Å². The van der Waals surface area contributed by atoms with Crippen LogP contribution >= 0.6 is 11.6 Å². The maximum Gasteiger partial charge on any atom is 0.122 e. The van der Waals surface area contributed by atoms with Crippen LogP contribution in [-0.4, -0.2) is 14.2 Å². The first-order chi connectivity index (χ1) is 10.1. The van der Waals surface area contributed by atoms with E-state index >= 15 is 0 Å². The summed E-state index contributed by atoms with van der Waals surface area (Å²) in [6, 6.07) is 10.6. The highest BCUT2D eigenvalue weighted by molar-refractivity contribution is 6.30. The summed E-state index contributed by atoms with van der Waals surface area (Å²) in [7, 11) is 3.19. The highest BCUT2D eigenvalue weighted by atomic mass is 35.5. The lowest BCUT2D eigenvalue weighted by Gasteiger charge is -2.20. The molecule has 0 heterocycles. The van der Waals surface area contributed by atoms with Crippen LogP contribution in [0.3, 0.4) is 0 Å². The maximum atomic E-state index is 6.03. The van der Waals surface area contributed by atoms with E-state index in [-0.39, 0.29) is 6.04 Å². The summed E-state index contributed by atoms with van der Waals surface area (Å²) >= 11 is 5.93. The van der Waals surface area contributed by atoms with Crippen molar-refractivity contribution in [3.63, 3.8) is 0 Å². The van der Waals surface area contributed by atoms with E-state index in [1.165, 1.54) is 0 Å². The SMILES string of the molecule is COc1cc(OC)cc(C(NN)c2ccc(Cl)cc2N)c1. The number of halogens is 1. The molecule has 1 atom stereocenters. The number of benzene rings is 2. The Morgan fingerprint density at radius 3 is 2.14 bits per heavy atom. The fourth-order valence-electron chi connectivity index (χ4n) is 2.17. The Labute approximate surface area is 128 Å². The van der Waals surface area contributed by atoms with Crippen molar-refractivity contribution in [3.8, 4) is 11.5 Å². The van der Waals surface area contributed by atoms with Gasteiger partial charge in [0.1, 0.15) is 11.5 Å². The monoisotopic (exact) mass is 307 g/mol. The third-order valence-corrected chi connectivity index (χ3v) is 3.47. The van der Waals surface area contributed by atoms with Gasteiger partial charge in [-0.15, -0.1) is 0 Å². The predicted octanol–water partition coefficient (Wildman–Crippen LogP) is 2.49. The number of anilines is 1. The van der Waals surface area contributed by atoms with E-state index in [2.05, 4.69) is 5.43 Å². The number of hydrogen-bond acceptors (Lipinski definition) is 5. The molecular weight excluding hydrogens is 290 g/mol. The van der Waals surface area contributed by atoms with E-state index in [9.17, 15) is 0 Å². The van der Waals surface area contributed by atoms with Crippen molar-refractivity contribution < 1.29 is 9.47 Å². The molecule has 0 saturated heterocycles. The van der Waals surface area contributed by atoms with E-state index in [0.29, 0.717) is 22.2 Å². The van der Waals surface area contributed by atoms with Crippen LogP contribution in [-0.2, 0) is 0 Å². The minimum absolute atomic E-state index is 0.300. The first-order valence-corrected chi connectivity index (χ1v) is 6.71. The summed E-state index contributed by atoms with van der Waals surface area (Å²) in [6.45, 7) is 0. The standard InChI is InChI=1S/C15H18ClN3O2/c1-20-11-5-9(6-12(8-11)21-2)15(19-18)13-4-3-10(16)7-14(13)17/h3-8,15,19H,17-18H2,1-2H3. The first kappa shape index (κ1) is 15.4. The van der Waals surface area contributed by atoms with Crippen molar-refractivity contribution in [2.75, 3.05) is 20.0 Å². The zero-order chi connectivity index (χ0) is 15.4. The van der Waals surface area contributed by atoms with Gasteiger partial charge in [0, 0.05) is 16.8 Å². The predicted molar refractivity (Wildman–Crippen MR) is 84.6 cm³/mol. The number of hydrogen-bond donors (Lipinski definition) is 3. The van der Waals surface area contributed by atoms with Gasteiger partial charge in [-0.1, -0.05) is 17.7 Å². The van der Waals surface area contributed by atoms with E-state index < -0.39 is 0 Å². The third-order valence-electron chi connectivity index (χ3n) is 3.23. The quantitative estimate of drug-likeness (QED) is 0.449. The molecule has 2 aromatic carbocycles. The average Bonchev–Trinajstić information content (AvgIpc) is 2.49. The maximum absolute atomic E-state index is 6.03. The molecule has 21 heavy (non-hydrogen) atoms. The van der Waals surface area contributed by atoms with Crippen molar-refractivity contribution in [2.24, 2.45) is 5.84 Å². The molecule has 0 aliphatic heterocycles. The van der Waals surface area contributed by atoms with Crippen molar-refractivity contribution in [3.05, 3.63) is 52.5 Å². The molecule has 1 unspecified atom stereocenters. The highest BCUT2D eigenvalue weighted by Gasteiger charge is 2.17. The normalized spacial score (nSPS) is 12.0. The van der Waals surface area contributed by atoms with E-state index in [1.54, 1.807) is 32.4 Å². The first-order valence-electron chi connectivity index (χ1n) is 6.33. The van der Waals surface area contributed by atoms with Gasteiger partial charge in [-0.3, -0.25) is 5.84 Å². The molecule has 5 N–H and O–H groups in total. The number of rotatable bonds is 5. The average molecular weight is 308 g/mol. The lowest BCUT2D eigenvalue weighted by atomic mass is 9.97. The second-order valence-corrected chi connectivity index (χ2v) is 4.96. The molecule has 0 radical (unpaired) electrons. The Balaban J connectivity index is 2.50. The molecule has 6 heteroatoms. The number of ether oxygens (including phenoxy) is 2. The van der Waals surface area contributed by atoms with Crippen LogP contribution < -0.4 is 26.5 Å². The lowest BCUT2D eigenvalue weighted by molar-refractivity contribution is 0.392. The summed E-state index contributed by atoms with van der Waals surface area (Å²) in [5.74, 6) is 7.06. The van der Waals surface area contributed by atoms with Crippen LogP contribution in [0.15, 0.2) is 36.4 Å². The van der Waals surface area contributed by atoms with E-state index in [4.69, 9.17) is 32.7 Å². The van der Waals surface area contributed by atoms with Gasteiger partial charge < -0.3 is 15.2 Å². The summed E-state index contributed by atoms with van der Waals surface area (Å²) in [4.78, 5) is 0. The fraction of sp³-hybridized carbons (Fsp3) is 0.200. The summed E-state index contributed by atoms with van der Waals surface area (Å²) in [6.07, 6.45) is 0. The molecular formula is C15H18ClN3O2. The van der Waals surface area contributed by atoms with E-state index in [1.807, 2.05) is 18.2 Å². The lowest BCUT2D eigenvalue weighted by Crippen LogP contribution is -2.29. The van der Waals surface area contributed by atoms with Crippen LogP contribution in [0.2, 0.25) is 5.02 Å². The molecule has 2 aromatic rings. The molecule has 5 nitrogen and oxygen atoms in total. The van der Waals surface area contributed by atoms with Crippen molar-refractivity contribution >= 4 is 17.3 Å². The van der Waals surface area contributed by atoms with Gasteiger partial charge in [0.25, 0.3) is 0 Å². The zero-order valence-electron chi connectivity index (χ0n) is 11.9. The van der Waals surface area contributed by atoms with Gasteiger partial charge in [-0.2, -0.15) is 0 Å². The molecule has 0 fully saturated rings.